The second kappa shape index (κ2) is 4.39. The maximum absolute atomic E-state index is 5.42. The third-order valence-electron chi connectivity index (χ3n) is 1.24. The summed E-state index contributed by atoms with van der Waals surface area (Å²) in [4.78, 5) is 0. The molecule has 0 atom stereocenters. The molecule has 0 unspecified atom stereocenters. The standard InChI is InChI=1S/C9H10BrO/c1-2-7-11-9-6-4-3-5-8(9)10/h4-6H,2,7H2,1H3. The minimum Gasteiger partial charge on any atom is -0.492 e. The van der Waals surface area contributed by atoms with Gasteiger partial charge in [-0.3, -0.25) is 0 Å². The molecular formula is C9H10BrO. The fourth-order valence-electron chi connectivity index (χ4n) is 0.725. The minimum absolute atomic E-state index is 0.766. The van der Waals surface area contributed by atoms with Gasteiger partial charge in [0, 0.05) is 0 Å². The Labute approximate surface area is 75.5 Å². The summed E-state index contributed by atoms with van der Waals surface area (Å²) < 4.78 is 6.39. The van der Waals surface area contributed by atoms with E-state index in [1.807, 2.05) is 18.2 Å². The van der Waals surface area contributed by atoms with Crippen molar-refractivity contribution in [1.82, 2.24) is 0 Å². The van der Waals surface area contributed by atoms with Crippen LogP contribution in [0.25, 0.3) is 0 Å². The predicted molar refractivity (Wildman–Crippen MR) is 48.8 cm³/mol. The topological polar surface area (TPSA) is 9.23 Å². The molecule has 59 valence electrons. The molecule has 0 saturated heterocycles. The van der Waals surface area contributed by atoms with Gasteiger partial charge in [0.1, 0.15) is 5.75 Å². The molecule has 0 saturated carbocycles. The van der Waals surface area contributed by atoms with Crippen LogP contribution in [0, 0.1) is 6.07 Å². The zero-order chi connectivity index (χ0) is 8.10. The first-order chi connectivity index (χ1) is 5.34. The van der Waals surface area contributed by atoms with E-state index in [0.29, 0.717) is 0 Å². The molecule has 11 heavy (non-hydrogen) atoms. The van der Waals surface area contributed by atoms with Gasteiger partial charge in [-0.2, -0.15) is 0 Å². The number of benzene rings is 1. The number of halogens is 1. The summed E-state index contributed by atoms with van der Waals surface area (Å²) in [6.45, 7) is 2.85. The molecule has 0 aliphatic heterocycles. The Morgan fingerprint density at radius 2 is 2.45 bits per heavy atom. The quantitative estimate of drug-likeness (QED) is 0.751. The average molecular weight is 214 g/mol. The van der Waals surface area contributed by atoms with E-state index < -0.39 is 0 Å². The zero-order valence-electron chi connectivity index (χ0n) is 6.43. The summed E-state index contributed by atoms with van der Waals surface area (Å²) in [6, 6.07) is 8.55. The second-order valence-corrected chi connectivity index (χ2v) is 3.06. The van der Waals surface area contributed by atoms with E-state index in [1.165, 1.54) is 0 Å². The van der Waals surface area contributed by atoms with E-state index in [0.717, 1.165) is 23.2 Å². The maximum Gasteiger partial charge on any atom is 0.133 e. The van der Waals surface area contributed by atoms with Crippen LogP contribution in [0.1, 0.15) is 13.3 Å². The van der Waals surface area contributed by atoms with Gasteiger partial charge in [0.05, 0.1) is 11.1 Å². The Kier molecular flexibility index (Phi) is 3.43. The van der Waals surface area contributed by atoms with Gasteiger partial charge in [-0.05, 0) is 40.5 Å². The molecule has 0 heterocycles. The van der Waals surface area contributed by atoms with Gasteiger partial charge >= 0.3 is 0 Å². The van der Waals surface area contributed by atoms with Crippen LogP contribution in [0.3, 0.4) is 0 Å². The molecule has 0 fully saturated rings. The van der Waals surface area contributed by atoms with E-state index in [9.17, 15) is 0 Å². The normalized spacial score (nSPS) is 9.64. The highest BCUT2D eigenvalue weighted by atomic mass is 79.9. The number of hydrogen-bond acceptors (Lipinski definition) is 1. The fourth-order valence-corrected chi connectivity index (χ4v) is 1.10. The first kappa shape index (κ1) is 8.60. The Bertz CT molecular complexity index is 223. The maximum atomic E-state index is 5.42. The van der Waals surface area contributed by atoms with Gasteiger partial charge in [-0.1, -0.05) is 13.0 Å². The average Bonchev–Trinajstić information content (AvgIpc) is 2.03. The molecule has 1 radical (unpaired) electrons. The first-order valence-electron chi connectivity index (χ1n) is 3.63. The lowest BCUT2D eigenvalue weighted by atomic mass is 10.3. The van der Waals surface area contributed by atoms with Crippen molar-refractivity contribution in [3.05, 3.63) is 28.7 Å². The van der Waals surface area contributed by atoms with Crippen LogP contribution >= 0.6 is 15.9 Å². The van der Waals surface area contributed by atoms with Crippen molar-refractivity contribution in [3.63, 3.8) is 0 Å². The molecule has 1 aromatic rings. The Balaban J connectivity index is 2.62. The van der Waals surface area contributed by atoms with Crippen molar-refractivity contribution in [2.75, 3.05) is 6.61 Å². The summed E-state index contributed by atoms with van der Waals surface area (Å²) >= 11 is 3.37. The Morgan fingerprint density at radius 1 is 1.64 bits per heavy atom. The van der Waals surface area contributed by atoms with E-state index >= 15 is 0 Å². The van der Waals surface area contributed by atoms with E-state index in [1.54, 1.807) is 0 Å². The minimum atomic E-state index is 0.766. The van der Waals surface area contributed by atoms with Crippen molar-refractivity contribution < 1.29 is 4.74 Å². The molecule has 1 rings (SSSR count). The molecule has 1 nitrogen and oxygen atoms in total. The van der Waals surface area contributed by atoms with Gasteiger partial charge in [-0.25, -0.2) is 0 Å². The van der Waals surface area contributed by atoms with Crippen molar-refractivity contribution in [1.29, 1.82) is 0 Å². The lowest BCUT2D eigenvalue weighted by molar-refractivity contribution is 0.315. The van der Waals surface area contributed by atoms with E-state index in [4.69, 9.17) is 4.74 Å². The van der Waals surface area contributed by atoms with Gasteiger partial charge in [0.25, 0.3) is 0 Å². The summed E-state index contributed by atoms with van der Waals surface area (Å²) in [5, 5.41) is 0. The van der Waals surface area contributed by atoms with E-state index in [2.05, 4.69) is 28.9 Å². The van der Waals surface area contributed by atoms with Gasteiger partial charge < -0.3 is 4.74 Å². The van der Waals surface area contributed by atoms with Crippen LogP contribution in [0.4, 0.5) is 0 Å². The SMILES string of the molecule is CCCOc1cc[c]cc1Br. The Morgan fingerprint density at radius 3 is 3.09 bits per heavy atom. The van der Waals surface area contributed by atoms with Crippen LogP contribution in [0.2, 0.25) is 0 Å². The number of ether oxygens (including phenoxy) is 1. The van der Waals surface area contributed by atoms with Crippen LogP contribution in [-0.2, 0) is 0 Å². The van der Waals surface area contributed by atoms with Crippen LogP contribution < -0.4 is 4.74 Å². The molecule has 0 aliphatic rings. The van der Waals surface area contributed by atoms with Crippen LogP contribution in [-0.4, -0.2) is 6.61 Å². The molecule has 1 aromatic carbocycles. The van der Waals surface area contributed by atoms with Crippen molar-refractivity contribution in [3.8, 4) is 5.75 Å². The smallest absolute Gasteiger partial charge is 0.133 e. The molecule has 0 aromatic heterocycles. The summed E-state index contributed by atoms with van der Waals surface area (Å²) in [5.74, 6) is 0.894. The van der Waals surface area contributed by atoms with E-state index in [-0.39, 0.29) is 0 Å². The monoisotopic (exact) mass is 213 g/mol. The number of rotatable bonds is 3. The first-order valence-corrected chi connectivity index (χ1v) is 4.42. The third kappa shape index (κ3) is 2.54. The second-order valence-electron chi connectivity index (χ2n) is 2.20. The molecule has 0 N–H and O–H groups in total. The van der Waals surface area contributed by atoms with Gasteiger partial charge in [0.15, 0.2) is 0 Å². The highest BCUT2D eigenvalue weighted by molar-refractivity contribution is 9.10. The molecule has 0 aliphatic carbocycles. The summed E-state index contributed by atoms with van der Waals surface area (Å²) in [6.07, 6.45) is 1.03. The summed E-state index contributed by atoms with van der Waals surface area (Å²) in [7, 11) is 0. The zero-order valence-corrected chi connectivity index (χ0v) is 8.02. The largest absolute Gasteiger partial charge is 0.492 e. The number of hydrogen-bond donors (Lipinski definition) is 0. The highest BCUT2D eigenvalue weighted by Crippen LogP contribution is 2.23. The lowest BCUT2D eigenvalue weighted by Gasteiger charge is -2.04. The molecule has 0 amide bonds. The molecular weight excluding hydrogens is 204 g/mol. The fraction of sp³-hybridized carbons (Fsp3) is 0.333. The van der Waals surface area contributed by atoms with Crippen LogP contribution in [0.5, 0.6) is 5.75 Å². The van der Waals surface area contributed by atoms with Crippen molar-refractivity contribution in [2.24, 2.45) is 0 Å². The third-order valence-corrected chi connectivity index (χ3v) is 1.86. The van der Waals surface area contributed by atoms with Crippen LogP contribution in [0.15, 0.2) is 22.7 Å². The lowest BCUT2D eigenvalue weighted by Crippen LogP contribution is -1.94. The Hall–Kier alpha value is -0.500. The molecule has 2 heteroatoms. The van der Waals surface area contributed by atoms with Gasteiger partial charge in [-0.15, -0.1) is 0 Å². The van der Waals surface area contributed by atoms with Crippen molar-refractivity contribution >= 4 is 15.9 Å². The predicted octanol–water partition coefficient (Wildman–Crippen LogP) is 3.04. The van der Waals surface area contributed by atoms with Gasteiger partial charge in [0.2, 0.25) is 0 Å². The van der Waals surface area contributed by atoms with Crippen molar-refractivity contribution in [2.45, 2.75) is 13.3 Å². The molecule has 0 spiro atoms. The molecule has 0 bridgehead atoms. The summed E-state index contributed by atoms with van der Waals surface area (Å²) in [5.41, 5.74) is 0. The highest BCUT2D eigenvalue weighted by Gasteiger charge is 1.96.